The van der Waals surface area contributed by atoms with Crippen LogP contribution in [-0.4, -0.2) is 24.0 Å². The molecule has 0 saturated carbocycles. The molecule has 0 aromatic heterocycles. The quantitative estimate of drug-likeness (QED) is 0.644. The first-order valence-corrected chi connectivity index (χ1v) is 5.62. The van der Waals surface area contributed by atoms with E-state index in [1.807, 2.05) is 0 Å². The maximum atomic E-state index is 11.6. The smallest absolute Gasteiger partial charge is 0.248 e. The molecule has 1 heterocycles. The van der Waals surface area contributed by atoms with Crippen molar-refractivity contribution in [1.29, 1.82) is 0 Å². The Kier molecular flexibility index (Phi) is 3.18. The van der Waals surface area contributed by atoms with Crippen molar-refractivity contribution in [3.05, 3.63) is 39.9 Å². The van der Waals surface area contributed by atoms with Crippen LogP contribution in [0.25, 0.3) is 0 Å². The molecule has 3 atom stereocenters. The molecular formula is C12H14N2O4. The summed E-state index contributed by atoms with van der Waals surface area (Å²) in [7, 11) is 1.55. The molecule has 0 bridgehead atoms. The van der Waals surface area contributed by atoms with Crippen molar-refractivity contribution in [2.75, 3.05) is 7.11 Å². The number of benzene rings is 1. The number of amides is 1. The third kappa shape index (κ3) is 2.01. The summed E-state index contributed by atoms with van der Waals surface area (Å²) in [5.74, 6) is -0.224. The van der Waals surface area contributed by atoms with Gasteiger partial charge in [-0.1, -0.05) is 12.1 Å². The Morgan fingerprint density at radius 1 is 1.33 bits per heavy atom. The highest BCUT2D eigenvalue weighted by Gasteiger charge is 2.48. The Labute approximate surface area is 104 Å². The maximum Gasteiger partial charge on any atom is 0.248 e. The molecule has 6 heteroatoms. The number of hydrogen-bond donors (Lipinski definition) is 1. The maximum absolute atomic E-state index is 11.6. The molecule has 1 aliphatic heterocycles. The number of nitrogens with zero attached hydrogens (tertiary/aromatic N) is 1. The average molecular weight is 250 g/mol. The van der Waals surface area contributed by atoms with Crippen LogP contribution < -0.4 is 10.1 Å². The van der Waals surface area contributed by atoms with E-state index in [1.165, 1.54) is 0 Å². The van der Waals surface area contributed by atoms with Gasteiger partial charge in [0, 0.05) is 4.92 Å². The number of rotatable bonds is 3. The summed E-state index contributed by atoms with van der Waals surface area (Å²) < 4.78 is 5.03. The zero-order valence-electron chi connectivity index (χ0n) is 10.1. The van der Waals surface area contributed by atoms with Gasteiger partial charge in [0.15, 0.2) is 0 Å². The number of hydrogen-bond acceptors (Lipinski definition) is 4. The molecule has 6 nitrogen and oxygen atoms in total. The first-order valence-electron chi connectivity index (χ1n) is 5.62. The molecule has 2 rings (SSSR count). The fourth-order valence-corrected chi connectivity index (χ4v) is 2.21. The molecule has 0 spiro atoms. The van der Waals surface area contributed by atoms with Crippen molar-refractivity contribution in [2.45, 2.75) is 19.0 Å². The van der Waals surface area contributed by atoms with Gasteiger partial charge in [0.05, 0.1) is 7.11 Å². The van der Waals surface area contributed by atoms with Gasteiger partial charge in [-0.25, -0.2) is 0 Å². The molecule has 3 unspecified atom stereocenters. The minimum absolute atomic E-state index is 0.280. The fraction of sp³-hybridized carbons (Fsp3) is 0.417. The molecule has 1 aromatic rings. The highest BCUT2D eigenvalue weighted by molar-refractivity contribution is 5.82. The molecule has 0 aliphatic carbocycles. The van der Waals surface area contributed by atoms with Gasteiger partial charge in [-0.2, -0.15) is 0 Å². The Hall–Kier alpha value is -2.11. The predicted molar refractivity (Wildman–Crippen MR) is 63.8 cm³/mol. The summed E-state index contributed by atoms with van der Waals surface area (Å²) in [4.78, 5) is 22.2. The van der Waals surface area contributed by atoms with Gasteiger partial charge in [0.1, 0.15) is 17.7 Å². The molecule has 1 fully saturated rings. The molecule has 0 radical (unpaired) electrons. The minimum Gasteiger partial charge on any atom is -0.497 e. The third-order valence-electron chi connectivity index (χ3n) is 3.28. The highest BCUT2D eigenvalue weighted by atomic mass is 16.6. The normalized spacial score (nSPS) is 26.8. The summed E-state index contributed by atoms with van der Waals surface area (Å²) >= 11 is 0. The molecule has 1 aliphatic rings. The van der Waals surface area contributed by atoms with Crippen molar-refractivity contribution in [1.82, 2.24) is 5.32 Å². The van der Waals surface area contributed by atoms with Crippen LogP contribution in [0, 0.1) is 16.0 Å². The van der Waals surface area contributed by atoms with Gasteiger partial charge in [-0.05, 0) is 24.6 Å². The Balaban J connectivity index is 2.30. The van der Waals surface area contributed by atoms with Crippen molar-refractivity contribution in [2.24, 2.45) is 5.92 Å². The standard InChI is InChI=1S/C12H14N2O4/c1-7-11(14(16)17)10(13-12(7)15)8-3-5-9(18-2)6-4-8/h3-7,10-11H,1-2H3,(H,13,15). The summed E-state index contributed by atoms with van der Waals surface area (Å²) in [6, 6.07) is 5.42. The first kappa shape index (κ1) is 12.3. The van der Waals surface area contributed by atoms with Gasteiger partial charge in [-0.3, -0.25) is 14.9 Å². The molecule has 1 aromatic carbocycles. The molecule has 1 saturated heterocycles. The molecule has 96 valence electrons. The first-order chi connectivity index (χ1) is 8.54. The molecular weight excluding hydrogens is 236 g/mol. The Morgan fingerprint density at radius 2 is 1.94 bits per heavy atom. The number of methoxy groups -OCH3 is 1. The second kappa shape index (κ2) is 4.64. The molecule has 1 amide bonds. The van der Waals surface area contributed by atoms with E-state index in [9.17, 15) is 14.9 Å². The Bertz CT molecular complexity index is 471. The summed E-state index contributed by atoms with van der Waals surface area (Å²) in [6.07, 6.45) is 0. The van der Waals surface area contributed by atoms with Gasteiger partial charge >= 0.3 is 0 Å². The van der Waals surface area contributed by atoms with E-state index in [0.29, 0.717) is 5.75 Å². The van der Waals surface area contributed by atoms with Gasteiger partial charge in [0.25, 0.3) is 0 Å². The lowest BCUT2D eigenvalue weighted by atomic mass is 9.95. The zero-order valence-corrected chi connectivity index (χ0v) is 10.1. The van der Waals surface area contributed by atoms with Gasteiger partial charge in [-0.15, -0.1) is 0 Å². The van der Waals surface area contributed by atoms with Crippen LogP contribution in [0.15, 0.2) is 24.3 Å². The predicted octanol–water partition coefficient (Wildman–Crippen LogP) is 1.15. The van der Waals surface area contributed by atoms with Crippen molar-refractivity contribution in [3.8, 4) is 5.75 Å². The van der Waals surface area contributed by atoms with E-state index < -0.39 is 22.9 Å². The van der Waals surface area contributed by atoms with E-state index >= 15 is 0 Å². The number of nitro groups is 1. The number of nitrogens with one attached hydrogen (secondary N) is 1. The van der Waals surface area contributed by atoms with E-state index in [2.05, 4.69) is 5.32 Å². The van der Waals surface area contributed by atoms with Crippen LogP contribution in [0.4, 0.5) is 0 Å². The van der Waals surface area contributed by atoms with Crippen LogP contribution in [0.5, 0.6) is 5.75 Å². The van der Waals surface area contributed by atoms with E-state index in [0.717, 1.165) is 5.56 Å². The summed E-state index contributed by atoms with van der Waals surface area (Å²) in [5.41, 5.74) is 0.718. The summed E-state index contributed by atoms with van der Waals surface area (Å²) in [5, 5.41) is 13.7. The topological polar surface area (TPSA) is 81.5 Å². The molecule has 18 heavy (non-hydrogen) atoms. The zero-order chi connectivity index (χ0) is 13.3. The minimum atomic E-state index is -0.925. The van der Waals surface area contributed by atoms with Crippen molar-refractivity contribution >= 4 is 5.91 Å². The van der Waals surface area contributed by atoms with Gasteiger partial charge < -0.3 is 10.1 Å². The van der Waals surface area contributed by atoms with Crippen LogP contribution >= 0.6 is 0 Å². The SMILES string of the molecule is COc1ccc(C2NC(=O)C(C)C2[N+](=O)[O-])cc1. The monoisotopic (exact) mass is 250 g/mol. The van der Waals surface area contributed by atoms with Crippen LogP contribution in [0.2, 0.25) is 0 Å². The van der Waals surface area contributed by atoms with Gasteiger partial charge in [0.2, 0.25) is 11.9 Å². The van der Waals surface area contributed by atoms with Crippen molar-refractivity contribution < 1.29 is 14.5 Å². The second-order valence-electron chi connectivity index (χ2n) is 4.32. The lowest BCUT2D eigenvalue weighted by Gasteiger charge is -2.14. The lowest BCUT2D eigenvalue weighted by Crippen LogP contribution is -2.30. The van der Waals surface area contributed by atoms with Crippen LogP contribution in [0.1, 0.15) is 18.5 Å². The fourth-order valence-electron chi connectivity index (χ4n) is 2.21. The third-order valence-corrected chi connectivity index (χ3v) is 3.28. The summed E-state index contributed by atoms with van der Waals surface area (Å²) in [6.45, 7) is 1.58. The number of carbonyl (C=O) groups excluding carboxylic acids is 1. The number of ether oxygens (including phenoxy) is 1. The van der Waals surface area contributed by atoms with Crippen LogP contribution in [0.3, 0.4) is 0 Å². The van der Waals surface area contributed by atoms with E-state index in [1.54, 1.807) is 38.3 Å². The largest absolute Gasteiger partial charge is 0.497 e. The van der Waals surface area contributed by atoms with Crippen LogP contribution in [-0.2, 0) is 4.79 Å². The Morgan fingerprint density at radius 3 is 2.44 bits per heavy atom. The van der Waals surface area contributed by atoms with E-state index in [4.69, 9.17) is 4.74 Å². The number of carbonyl (C=O) groups is 1. The van der Waals surface area contributed by atoms with E-state index in [-0.39, 0.29) is 5.91 Å². The second-order valence-corrected chi connectivity index (χ2v) is 4.32. The average Bonchev–Trinajstić information content (AvgIpc) is 2.66. The molecule has 1 N–H and O–H groups in total. The lowest BCUT2D eigenvalue weighted by molar-refractivity contribution is -0.530. The highest BCUT2D eigenvalue weighted by Crippen LogP contribution is 2.31. The van der Waals surface area contributed by atoms with Crippen molar-refractivity contribution in [3.63, 3.8) is 0 Å².